The number of aromatic nitrogens is 1. The normalized spacial score (nSPS) is 13.2. The minimum Gasteiger partial charge on any atom is -0.481 e. The summed E-state index contributed by atoms with van der Waals surface area (Å²) in [5, 5.41) is 24.9. The predicted molar refractivity (Wildman–Crippen MR) is 75.1 cm³/mol. The fourth-order valence-corrected chi connectivity index (χ4v) is 2.27. The summed E-state index contributed by atoms with van der Waals surface area (Å²) in [5.74, 6) is -2.20. The Bertz CT molecular complexity index is 491. The Balaban J connectivity index is 2.45. The molecule has 0 bridgehead atoms. The Kier molecular flexibility index (Phi) is 6.60. The Labute approximate surface area is 125 Å². The monoisotopic (exact) mass is 315 g/mol. The van der Waals surface area contributed by atoms with Crippen molar-refractivity contribution in [3.05, 3.63) is 16.6 Å². The van der Waals surface area contributed by atoms with Gasteiger partial charge in [-0.1, -0.05) is 0 Å². The number of urea groups is 1. The summed E-state index contributed by atoms with van der Waals surface area (Å²) in [6.07, 6.45) is 1.71. The third kappa shape index (κ3) is 6.21. The quantitative estimate of drug-likeness (QED) is 0.571. The van der Waals surface area contributed by atoms with Gasteiger partial charge in [0.15, 0.2) is 0 Å². The molecule has 1 heterocycles. The maximum atomic E-state index is 11.7. The van der Waals surface area contributed by atoms with Gasteiger partial charge < -0.3 is 20.8 Å². The second-order valence-corrected chi connectivity index (χ2v) is 5.31. The zero-order chi connectivity index (χ0) is 15.8. The van der Waals surface area contributed by atoms with E-state index in [4.69, 9.17) is 10.2 Å². The van der Waals surface area contributed by atoms with Crippen molar-refractivity contribution in [3.63, 3.8) is 0 Å². The van der Waals surface area contributed by atoms with Gasteiger partial charge in [0, 0.05) is 18.0 Å². The molecule has 0 fully saturated rings. The van der Waals surface area contributed by atoms with Crippen molar-refractivity contribution in [2.24, 2.45) is 0 Å². The number of carboxylic acids is 2. The van der Waals surface area contributed by atoms with Crippen LogP contribution in [0, 0.1) is 0 Å². The minimum absolute atomic E-state index is 0.0562. The second-order valence-electron chi connectivity index (χ2n) is 4.39. The molecule has 0 aromatic carbocycles. The lowest BCUT2D eigenvalue weighted by Crippen LogP contribution is -2.46. The van der Waals surface area contributed by atoms with Gasteiger partial charge in [-0.3, -0.25) is 4.79 Å². The van der Waals surface area contributed by atoms with E-state index in [0.29, 0.717) is 5.01 Å². The average molecular weight is 315 g/mol. The van der Waals surface area contributed by atoms with Gasteiger partial charge in [0.1, 0.15) is 11.0 Å². The fraction of sp³-hybridized carbons (Fsp3) is 0.500. The van der Waals surface area contributed by atoms with E-state index in [2.05, 4.69) is 15.6 Å². The van der Waals surface area contributed by atoms with Crippen LogP contribution in [0.25, 0.3) is 0 Å². The molecule has 1 unspecified atom stereocenters. The van der Waals surface area contributed by atoms with Crippen LogP contribution in [-0.4, -0.2) is 39.2 Å². The highest BCUT2D eigenvalue weighted by atomic mass is 32.1. The highest BCUT2D eigenvalue weighted by Gasteiger charge is 2.21. The molecule has 0 radical (unpaired) electrons. The zero-order valence-corrected chi connectivity index (χ0v) is 12.2. The molecule has 2 amide bonds. The molecule has 8 nitrogen and oxygen atoms in total. The average Bonchev–Trinajstić information content (AvgIpc) is 2.90. The van der Waals surface area contributed by atoms with Crippen LogP contribution in [-0.2, 0) is 9.59 Å². The summed E-state index contributed by atoms with van der Waals surface area (Å²) < 4.78 is 0. The molecule has 0 saturated carbocycles. The number of nitrogens with zero attached hydrogens (tertiary/aromatic N) is 1. The smallest absolute Gasteiger partial charge is 0.326 e. The standard InChI is InChI=1S/C12H17N3O5S/c1-7(10-13-5-6-21-10)14-12(20)15-8(11(18)19)3-2-4-9(16)17/h5-8H,2-4H2,1H3,(H,16,17)(H,18,19)(H2,14,15,20)/t7?,8-/m1/s1. The van der Waals surface area contributed by atoms with Gasteiger partial charge in [-0.2, -0.15) is 0 Å². The molecular formula is C12H17N3O5S. The van der Waals surface area contributed by atoms with Crippen LogP contribution in [0.4, 0.5) is 4.79 Å². The van der Waals surface area contributed by atoms with Crippen LogP contribution >= 0.6 is 11.3 Å². The number of rotatable bonds is 8. The Morgan fingerprint density at radius 1 is 1.33 bits per heavy atom. The van der Waals surface area contributed by atoms with Crippen LogP contribution in [0.3, 0.4) is 0 Å². The highest BCUT2D eigenvalue weighted by Crippen LogP contribution is 2.14. The summed E-state index contributed by atoms with van der Waals surface area (Å²) in [6.45, 7) is 1.73. The van der Waals surface area contributed by atoms with Gasteiger partial charge in [0.05, 0.1) is 6.04 Å². The predicted octanol–water partition coefficient (Wildman–Crippen LogP) is 1.21. The number of carbonyl (C=O) groups excluding carboxylic acids is 1. The van der Waals surface area contributed by atoms with E-state index in [1.165, 1.54) is 11.3 Å². The third-order valence-electron chi connectivity index (χ3n) is 2.66. The summed E-state index contributed by atoms with van der Waals surface area (Å²) in [5.41, 5.74) is 0. The molecule has 21 heavy (non-hydrogen) atoms. The molecule has 0 spiro atoms. The summed E-state index contributed by atoms with van der Waals surface area (Å²) in [7, 11) is 0. The number of carboxylic acid groups (broad SMARTS) is 2. The topological polar surface area (TPSA) is 129 Å². The van der Waals surface area contributed by atoms with Crippen LogP contribution in [0.1, 0.15) is 37.2 Å². The Hall–Kier alpha value is -2.16. The number of amides is 2. The fourth-order valence-electron chi connectivity index (χ4n) is 1.62. The highest BCUT2D eigenvalue weighted by molar-refractivity contribution is 7.09. The largest absolute Gasteiger partial charge is 0.481 e. The van der Waals surface area contributed by atoms with Crippen molar-refractivity contribution in [2.45, 2.75) is 38.3 Å². The third-order valence-corrected chi connectivity index (χ3v) is 3.61. The first-order valence-electron chi connectivity index (χ1n) is 6.31. The van der Waals surface area contributed by atoms with Crippen molar-refractivity contribution in [2.75, 3.05) is 0 Å². The number of thiazole rings is 1. The Morgan fingerprint density at radius 2 is 2.05 bits per heavy atom. The molecule has 0 aliphatic heterocycles. The van der Waals surface area contributed by atoms with Gasteiger partial charge in [-0.05, 0) is 19.8 Å². The van der Waals surface area contributed by atoms with E-state index in [-0.39, 0.29) is 25.3 Å². The summed E-state index contributed by atoms with van der Waals surface area (Å²) in [6, 6.07) is -2.08. The molecule has 2 atom stereocenters. The lowest BCUT2D eigenvalue weighted by atomic mass is 10.1. The lowest BCUT2D eigenvalue weighted by Gasteiger charge is -2.17. The van der Waals surface area contributed by atoms with Gasteiger partial charge in [0.25, 0.3) is 0 Å². The lowest BCUT2D eigenvalue weighted by molar-refractivity contribution is -0.140. The van der Waals surface area contributed by atoms with Crippen molar-refractivity contribution >= 4 is 29.3 Å². The number of hydrogen-bond donors (Lipinski definition) is 4. The van der Waals surface area contributed by atoms with Gasteiger partial charge >= 0.3 is 18.0 Å². The minimum atomic E-state index is -1.20. The van der Waals surface area contributed by atoms with Crippen molar-refractivity contribution in [1.82, 2.24) is 15.6 Å². The number of nitrogens with one attached hydrogen (secondary N) is 2. The van der Waals surface area contributed by atoms with Crippen molar-refractivity contribution in [3.8, 4) is 0 Å². The van der Waals surface area contributed by atoms with E-state index in [1.54, 1.807) is 18.5 Å². The van der Waals surface area contributed by atoms with E-state index in [9.17, 15) is 14.4 Å². The zero-order valence-electron chi connectivity index (χ0n) is 11.4. The van der Waals surface area contributed by atoms with Crippen molar-refractivity contribution in [1.29, 1.82) is 0 Å². The van der Waals surface area contributed by atoms with Gasteiger partial charge in [-0.25, -0.2) is 14.6 Å². The maximum Gasteiger partial charge on any atom is 0.326 e. The van der Waals surface area contributed by atoms with E-state index in [0.717, 1.165) is 0 Å². The summed E-state index contributed by atoms with van der Waals surface area (Å²) >= 11 is 1.38. The van der Waals surface area contributed by atoms with Crippen molar-refractivity contribution < 1.29 is 24.6 Å². The summed E-state index contributed by atoms with van der Waals surface area (Å²) in [4.78, 5) is 37.2. The molecule has 9 heteroatoms. The van der Waals surface area contributed by atoms with Gasteiger partial charge in [-0.15, -0.1) is 11.3 Å². The van der Waals surface area contributed by atoms with Crippen LogP contribution in [0.2, 0.25) is 0 Å². The SMILES string of the molecule is CC(NC(=O)N[C@H](CCCC(=O)O)C(=O)O)c1nccs1. The first kappa shape index (κ1) is 16.9. The molecule has 4 N–H and O–H groups in total. The van der Waals surface area contributed by atoms with Gasteiger partial charge in [0.2, 0.25) is 0 Å². The number of hydrogen-bond acceptors (Lipinski definition) is 5. The molecule has 1 rings (SSSR count). The molecule has 0 aliphatic carbocycles. The molecule has 1 aromatic heterocycles. The van der Waals surface area contributed by atoms with Crippen LogP contribution < -0.4 is 10.6 Å². The van der Waals surface area contributed by atoms with E-state index in [1.807, 2.05) is 0 Å². The number of aliphatic carboxylic acids is 2. The van der Waals surface area contributed by atoms with E-state index < -0.39 is 24.0 Å². The van der Waals surface area contributed by atoms with E-state index >= 15 is 0 Å². The number of carbonyl (C=O) groups is 3. The maximum absolute atomic E-state index is 11.7. The van der Waals surface area contributed by atoms with Crippen LogP contribution in [0.5, 0.6) is 0 Å². The second kappa shape index (κ2) is 8.20. The molecule has 0 saturated heterocycles. The first-order chi connectivity index (χ1) is 9.90. The molecule has 1 aromatic rings. The molecule has 0 aliphatic rings. The molecule has 116 valence electrons. The Morgan fingerprint density at radius 3 is 2.57 bits per heavy atom. The first-order valence-corrected chi connectivity index (χ1v) is 7.19. The van der Waals surface area contributed by atoms with Crippen LogP contribution in [0.15, 0.2) is 11.6 Å². The molecular weight excluding hydrogens is 298 g/mol.